The van der Waals surface area contributed by atoms with E-state index in [1.807, 2.05) is 0 Å². The first-order valence-corrected chi connectivity index (χ1v) is 0. The van der Waals surface area contributed by atoms with Gasteiger partial charge in [0.15, 0.2) is 0 Å². The van der Waals surface area contributed by atoms with Crippen LogP contribution in [0.2, 0.25) is 0 Å². The molecular weight excluding hydrogens is 114 g/mol. The van der Waals surface area contributed by atoms with Crippen molar-refractivity contribution in [3.05, 3.63) is 7.43 Å². The second-order valence-corrected chi connectivity index (χ2v) is 0. The summed E-state index contributed by atoms with van der Waals surface area (Å²) in [5.74, 6) is 0. The molecule has 0 N–H and O–H groups in total. The third-order valence-electron chi connectivity index (χ3n) is 0. The predicted octanol–water partition coefficient (Wildman–Crippen LogP) is -1.04. The molecule has 0 spiro atoms. The van der Waals surface area contributed by atoms with E-state index in [4.69, 9.17) is 0 Å². The van der Waals surface area contributed by atoms with E-state index in [1.165, 1.54) is 0 Å². The van der Waals surface area contributed by atoms with Crippen LogP contribution in [0.5, 0.6) is 0 Å². The number of rotatable bonds is 0. The van der Waals surface area contributed by atoms with Crippen molar-refractivity contribution in [1.29, 1.82) is 0 Å². The van der Waals surface area contributed by atoms with E-state index < -0.39 is 0 Å². The van der Waals surface area contributed by atoms with Gasteiger partial charge in [0.05, 0.1) is 0 Å². The minimum absolute atomic E-state index is 0. The molecular formula is CAl2O3. The quantitative estimate of drug-likeness (QED) is 0.360. The second kappa shape index (κ2) is 163. The third kappa shape index (κ3) is 86.2. The topological polar surface area (TPSA) is 85.5 Å². The van der Waals surface area contributed by atoms with Crippen molar-refractivity contribution in [2.45, 2.75) is 0 Å². The van der Waals surface area contributed by atoms with E-state index in [0.29, 0.717) is 0 Å². The SMILES string of the molecule is [Al+3].[Al+3].[C].[O-2].[O-2].[O-2]. The summed E-state index contributed by atoms with van der Waals surface area (Å²) in [5.41, 5.74) is 0. The monoisotopic (exact) mass is 114 g/mol. The summed E-state index contributed by atoms with van der Waals surface area (Å²) in [5, 5.41) is 0. The Hall–Kier alpha value is 0.945. The Bertz CT molecular complexity index is 8.75. The van der Waals surface area contributed by atoms with Crippen molar-refractivity contribution in [3.8, 4) is 0 Å². The molecule has 0 aliphatic rings. The van der Waals surface area contributed by atoms with Crippen molar-refractivity contribution in [1.82, 2.24) is 0 Å². The summed E-state index contributed by atoms with van der Waals surface area (Å²) in [6.45, 7) is 0. The summed E-state index contributed by atoms with van der Waals surface area (Å²) in [6, 6.07) is 0. The van der Waals surface area contributed by atoms with E-state index in [2.05, 4.69) is 0 Å². The zero-order chi connectivity index (χ0) is 0. The molecule has 0 aliphatic carbocycles. The Morgan fingerprint density at radius 3 is 0.500 bits per heavy atom. The fraction of sp³-hybridized carbons (Fsp3) is 0. The first-order valence-electron chi connectivity index (χ1n) is 0. The molecule has 0 atom stereocenters. The zero-order valence-corrected chi connectivity index (χ0v) is 5.19. The molecule has 0 aliphatic heterocycles. The summed E-state index contributed by atoms with van der Waals surface area (Å²) >= 11 is 0. The van der Waals surface area contributed by atoms with Gasteiger partial charge in [-0.3, -0.25) is 0 Å². The third-order valence-corrected chi connectivity index (χ3v) is 0. The fourth-order valence-corrected chi connectivity index (χ4v) is 0. The molecule has 5 heteroatoms. The summed E-state index contributed by atoms with van der Waals surface area (Å²) < 4.78 is 0. The molecule has 0 saturated heterocycles. The van der Waals surface area contributed by atoms with Gasteiger partial charge in [0.2, 0.25) is 0 Å². The minimum atomic E-state index is 0. The van der Waals surface area contributed by atoms with Crippen LogP contribution in [0, 0.1) is 7.43 Å². The molecule has 0 aromatic carbocycles. The van der Waals surface area contributed by atoms with Gasteiger partial charge in [0.1, 0.15) is 0 Å². The van der Waals surface area contributed by atoms with Crippen LogP contribution >= 0.6 is 0 Å². The van der Waals surface area contributed by atoms with E-state index in [-0.39, 0.29) is 58.6 Å². The molecule has 0 amide bonds. The molecule has 0 aromatic heterocycles. The van der Waals surface area contributed by atoms with Crippen LogP contribution < -0.4 is 0 Å². The molecule has 3 nitrogen and oxygen atoms in total. The first kappa shape index (κ1) is 275. The van der Waals surface area contributed by atoms with Crippen molar-refractivity contribution in [3.63, 3.8) is 0 Å². The minimum Gasteiger partial charge on any atom is -2.00 e. The largest absolute Gasteiger partial charge is 3.00 e. The van der Waals surface area contributed by atoms with Crippen LogP contribution in [-0.4, -0.2) is 34.7 Å². The van der Waals surface area contributed by atoms with Gasteiger partial charge in [-0.15, -0.1) is 0 Å². The smallest absolute Gasteiger partial charge is 2.00 e. The summed E-state index contributed by atoms with van der Waals surface area (Å²) in [4.78, 5) is 0. The molecule has 0 fully saturated rings. The first-order chi connectivity index (χ1) is 0. The maximum absolute atomic E-state index is 0. The van der Waals surface area contributed by atoms with Gasteiger partial charge >= 0.3 is 34.7 Å². The van der Waals surface area contributed by atoms with Gasteiger partial charge in [-0.2, -0.15) is 0 Å². The molecule has 0 aromatic rings. The van der Waals surface area contributed by atoms with E-state index in [9.17, 15) is 0 Å². The number of hydrogen-bond acceptors (Lipinski definition) is 0. The molecule has 28 valence electrons. The molecule has 0 bridgehead atoms. The normalized spacial score (nSPS) is 0. The standard InChI is InChI=1S/C.2Al.3O/q;2*+3;3*-2. The Labute approximate surface area is 58.9 Å². The van der Waals surface area contributed by atoms with Crippen LogP contribution in [0.25, 0.3) is 0 Å². The summed E-state index contributed by atoms with van der Waals surface area (Å²) in [7, 11) is 0. The number of hydrogen-bond donors (Lipinski definition) is 0. The van der Waals surface area contributed by atoms with Crippen LogP contribution in [0.4, 0.5) is 0 Å². The average molecular weight is 114 g/mol. The van der Waals surface area contributed by atoms with Crippen LogP contribution in [-0.2, 0) is 16.4 Å². The summed E-state index contributed by atoms with van der Waals surface area (Å²) in [6.07, 6.45) is 0. The molecule has 0 rings (SSSR count). The van der Waals surface area contributed by atoms with E-state index in [1.54, 1.807) is 0 Å². The van der Waals surface area contributed by atoms with Crippen molar-refractivity contribution in [2.24, 2.45) is 0 Å². The average Bonchev–Trinajstić information content (AvgIpc) is 0. The maximum Gasteiger partial charge on any atom is 3.00 e. The van der Waals surface area contributed by atoms with Crippen molar-refractivity contribution in [2.75, 3.05) is 0 Å². The van der Waals surface area contributed by atoms with Gasteiger partial charge in [0.25, 0.3) is 0 Å². The fourth-order valence-electron chi connectivity index (χ4n) is 0. The Morgan fingerprint density at radius 2 is 0.500 bits per heavy atom. The Kier molecular flexibility index (Phi) is 7460. The molecule has 4 radical (unpaired) electrons. The maximum atomic E-state index is 0. The van der Waals surface area contributed by atoms with Crippen LogP contribution in [0.15, 0.2) is 0 Å². The Balaban J connectivity index is 0. The van der Waals surface area contributed by atoms with Crippen molar-refractivity contribution < 1.29 is 16.4 Å². The van der Waals surface area contributed by atoms with Gasteiger partial charge in [0, 0.05) is 7.43 Å². The predicted molar refractivity (Wildman–Crippen MR) is 16.8 cm³/mol. The zero-order valence-electron chi connectivity index (χ0n) is 2.88. The molecule has 0 saturated carbocycles. The van der Waals surface area contributed by atoms with Crippen molar-refractivity contribution >= 4 is 34.7 Å². The van der Waals surface area contributed by atoms with Crippen LogP contribution in [0.3, 0.4) is 0 Å². The molecule has 6 heavy (non-hydrogen) atoms. The van der Waals surface area contributed by atoms with Gasteiger partial charge < -0.3 is 16.4 Å². The van der Waals surface area contributed by atoms with E-state index in [0.717, 1.165) is 0 Å². The molecule has 0 unspecified atom stereocenters. The van der Waals surface area contributed by atoms with Crippen LogP contribution in [0.1, 0.15) is 0 Å². The Morgan fingerprint density at radius 1 is 0.500 bits per heavy atom. The second-order valence-electron chi connectivity index (χ2n) is 0. The van der Waals surface area contributed by atoms with E-state index >= 15 is 0 Å². The van der Waals surface area contributed by atoms with Gasteiger partial charge in [-0.1, -0.05) is 0 Å². The molecule has 0 heterocycles. The van der Waals surface area contributed by atoms with Gasteiger partial charge in [-0.25, -0.2) is 0 Å². The van der Waals surface area contributed by atoms with Gasteiger partial charge in [-0.05, 0) is 0 Å².